The molecule has 1 aromatic heterocycles. The molecule has 0 amide bonds. The van der Waals surface area contributed by atoms with Crippen LogP contribution in [0.3, 0.4) is 0 Å². The molecular weight excluding hydrogens is 412 g/mol. The second-order valence-electron chi connectivity index (χ2n) is 7.76. The molecule has 3 rings (SSSR count). The summed E-state index contributed by atoms with van der Waals surface area (Å²) in [7, 11) is 1.83. The highest BCUT2D eigenvalue weighted by Gasteiger charge is 2.31. The topological polar surface area (TPSA) is 109 Å². The third-order valence-electron chi connectivity index (χ3n) is 5.44. The van der Waals surface area contributed by atoms with Crippen molar-refractivity contribution < 1.29 is 24.5 Å². The van der Waals surface area contributed by atoms with Gasteiger partial charge >= 0.3 is 5.97 Å². The number of nitrogens with zero attached hydrogens (tertiary/aromatic N) is 4. The second kappa shape index (κ2) is 10.6. The van der Waals surface area contributed by atoms with Crippen LogP contribution in [0, 0.1) is 0 Å². The molecule has 0 spiro atoms. The lowest BCUT2D eigenvalue weighted by molar-refractivity contribution is -0.149. The Morgan fingerprint density at radius 2 is 1.97 bits per heavy atom. The molecule has 0 bridgehead atoms. The summed E-state index contributed by atoms with van der Waals surface area (Å²) in [5.41, 5.74) is 3.25. The molecule has 0 saturated heterocycles. The van der Waals surface area contributed by atoms with Gasteiger partial charge in [-0.2, -0.15) is 5.10 Å². The van der Waals surface area contributed by atoms with E-state index in [2.05, 4.69) is 12.0 Å². The van der Waals surface area contributed by atoms with Crippen molar-refractivity contribution in [2.45, 2.75) is 52.4 Å². The van der Waals surface area contributed by atoms with Crippen LogP contribution in [0.5, 0.6) is 5.75 Å². The van der Waals surface area contributed by atoms with E-state index in [0.29, 0.717) is 37.6 Å². The Balaban J connectivity index is 1.58. The summed E-state index contributed by atoms with van der Waals surface area (Å²) < 4.78 is 12.8. The van der Waals surface area contributed by atoms with E-state index in [1.165, 1.54) is 0 Å². The van der Waals surface area contributed by atoms with E-state index in [1.807, 2.05) is 38.2 Å². The van der Waals surface area contributed by atoms with Crippen molar-refractivity contribution in [1.29, 1.82) is 0 Å². The maximum Gasteiger partial charge on any atom is 0.333 e. The lowest BCUT2D eigenvalue weighted by atomic mass is 10.1. The molecule has 2 N–H and O–H groups in total. The number of amidine groups is 1. The number of aliphatic hydroxyl groups is 1. The number of hydrogen-bond acceptors (Lipinski definition) is 7. The maximum absolute atomic E-state index is 11.2. The molecular formula is C23H32N4O5. The van der Waals surface area contributed by atoms with Crippen LogP contribution in [0.2, 0.25) is 0 Å². The highest BCUT2D eigenvalue weighted by atomic mass is 16.5. The maximum atomic E-state index is 11.2. The van der Waals surface area contributed by atoms with Crippen LogP contribution in [-0.4, -0.2) is 62.6 Å². The van der Waals surface area contributed by atoms with Gasteiger partial charge in [-0.3, -0.25) is 4.68 Å². The summed E-state index contributed by atoms with van der Waals surface area (Å²) in [6.45, 7) is 6.91. The van der Waals surface area contributed by atoms with E-state index >= 15 is 0 Å². The zero-order valence-electron chi connectivity index (χ0n) is 19.1. The number of carboxylic acids is 1. The van der Waals surface area contributed by atoms with Gasteiger partial charge in [-0.05, 0) is 38.0 Å². The normalized spacial score (nSPS) is 16.5. The average Bonchev–Trinajstić information content (AvgIpc) is 3.06. The Morgan fingerprint density at radius 3 is 2.59 bits per heavy atom. The predicted molar refractivity (Wildman–Crippen MR) is 120 cm³/mol. The van der Waals surface area contributed by atoms with Gasteiger partial charge in [0.15, 0.2) is 12.3 Å². The van der Waals surface area contributed by atoms with Crippen molar-refractivity contribution in [3.05, 3.63) is 41.2 Å². The van der Waals surface area contributed by atoms with E-state index in [4.69, 9.17) is 14.5 Å². The fraction of sp³-hybridized carbons (Fsp3) is 0.522. The number of carbonyl (C=O) groups is 1. The van der Waals surface area contributed by atoms with Crippen LogP contribution < -0.4 is 4.74 Å². The van der Waals surface area contributed by atoms with Crippen LogP contribution >= 0.6 is 0 Å². The SMILES string of the molecule is CCCc1nn(C)c2c1N=C(C)N(CCOc1ccc(C[C@H](OCC)C(=O)O)cc1)C2O. The molecule has 2 heterocycles. The molecule has 1 aromatic carbocycles. The fourth-order valence-corrected chi connectivity index (χ4v) is 3.85. The smallest absolute Gasteiger partial charge is 0.333 e. The van der Waals surface area contributed by atoms with Crippen molar-refractivity contribution in [3.63, 3.8) is 0 Å². The first-order valence-electron chi connectivity index (χ1n) is 11.0. The van der Waals surface area contributed by atoms with Crippen LogP contribution in [-0.2, 0) is 29.4 Å². The first kappa shape index (κ1) is 23.7. The zero-order valence-corrected chi connectivity index (χ0v) is 19.1. The van der Waals surface area contributed by atoms with Crippen molar-refractivity contribution in [2.24, 2.45) is 12.0 Å². The van der Waals surface area contributed by atoms with E-state index in [-0.39, 0.29) is 0 Å². The minimum Gasteiger partial charge on any atom is -0.492 e. The molecule has 174 valence electrons. The molecule has 2 atom stereocenters. The van der Waals surface area contributed by atoms with Gasteiger partial charge in [-0.15, -0.1) is 0 Å². The Morgan fingerprint density at radius 1 is 1.25 bits per heavy atom. The highest BCUT2D eigenvalue weighted by Crippen LogP contribution is 2.36. The first-order valence-corrected chi connectivity index (χ1v) is 11.0. The molecule has 9 nitrogen and oxygen atoms in total. The predicted octanol–water partition coefficient (Wildman–Crippen LogP) is 2.84. The molecule has 0 fully saturated rings. The second-order valence-corrected chi connectivity index (χ2v) is 7.76. The summed E-state index contributed by atoms with van der Waals surface area (Å²) in [6, 6.07) is 7.29. The van der Waals surface area contributed by atoms with Gasteiger partial charge in [0.05, 0.1) is 12.2 Å². The van der Waals surface area contributed by atoms with Crippen molar-refractivity contribution in [2.75, 3.05) is 19.8 Å². The van der Waals surface area contributed by atoms with Crippen molar-refractivity contribution in [3.8, 4) is 5.75 Å². The minimum atomic E-state index is -0.970. The number of fused-ring (bicyclic) bond motifs is 1. The monoisotopic (exact) mass is 444 g/mol. The quantitative estimate of drug-likeness (QED) is 0.548. The summed E-state index contributed by atoms with van der Waals surface area (Å²) in [5, 5.41) is 24.7. The molecule has 1 aliphatic rings. The number of benzene rings is 1. The number of aromatic nitrogens is 2. The van der Waals surface area contributed by atoms with E-state index in [0.717, 1.165) is 35.6 Å². The number of aliphatic carboxylic acids is 1. The Labute approximate surface area is 188 Å². The summed E-state index contributed by atoms with van der Waals surface area (Å²) in [4.78, 5) is 17.7. The minimum absolute atomic E-state index is 0.298. The lowest BCUT2D eigenvalue weighted by Crippen LogP contribution is -2.39. The molecule has 2 aromatic rings. The van der Waals surface area contributed by atoms with E-state index in [1.54, 1.807) is 16.5 Å². The van der Waals surface area contributed by atoms with E-state index < -0.39 is 18.3 Å². The van der Waals surface area contributed by atoms with Gasteiger partial charge in [0.2, 0.25) is 0 Å². The Hall–Kier alpha value is -2.91. The summed E-state index contributed by atoms with van der Waals surface area (Å²) in [5.74, 6) is 0.428. The van der Waals surface area contributed by atoms with Crippen LogP contribution in [0.15, 0.2) is 29.3 Å². The van der Waals surface area contributed by atoms with Gasteiger partial charge in [0.25, 0.3) is 0 Å². The van der Waals surface area contributed by atoms with Crippen molar-refractivity contribution in [1.82, 2.24) is 14.7 Å². The largest absolute Gasteiger partial charge is 0.492 e. The number of aryl methyl sites for hydroxylation is 2. The third kappa shape index (κ3) is 5.28. The highest BCUT2D eigenvalue weighted by molar-refractivity contribution is 5.85. The molecule has 0 radical (unpaired) electrons. The summed E-state index contributed by atoms with van der Waals surface area (Å²) >= 11 is 0. The fourth-order valence-electron chi connectivity index (χ4n) is 3.85. The van der Waals surface area contributed by atoms with Gasteiger partial charge in [-0.25, -0.2) is 9.79 Å². The first-order chi connectivity index (χ1) is 15.3. The summed E-state index contributed by atoms with van der Waals surface area (Å²) in [6.07, 6.45) is 0.399. The number of aliphatic hydroxyl groups excluding tert-OH is 1. The van der Waals surface area contributed by atoms with E-state index in [9.17, 15) is 15.0 Å². The molecule has 0 aliphatic carbocycles. The number of hydrogen-bond donors (Lipinski definition) is 2. The lowest BCUT2D eigenvalue weighted by Gasteiger charge is -2.32. The van der Waals surface area contributed by atoms with Gasteiger partial charge in [-0.1, -0.05) is 25.5 Å². The van der Waals surface area contributed by atoms with Gasteiger partial charge in [0, 0.05) is 20.1 Å². The number of ether oxygens (including phenoxy) is 2. The average molecular weight is 445 g/mol. The van der Waals surface area contributed by atoms with Crippen LogP contribution in [0.1, 0.15) is 50.4 Å². The molecule has 9 heteroatoms. The number of carboxylic acid groups (broad SMARTS) is 1. The Kier molecular flexibility index (Phi) is 7.87. The molecule has 0 saturated carbocycles. The molecule has 32 heavy (non-hydrogen) atoms. The third-order valence-corrected chi connectivity index (χ3v) is 5.44. The van der Waals surface area contributed by atoms with Gasteiger partial charge < -0.3 is 24.6 Å². The van der Waals surface area contributed by atoms with Crippen LogP contribution in [0.25, 0.3) is 0 Å². The van der Waals surface area contributed by atoms with Crippen molar-refractivity contribution >= 4 is 17.5 Å². The molecule has 1 unspecified atom stereocenters. The van der Waals surface area contributed by atoms with Gasteiger partial charge in [0.1, 0.15) is 29.6 Å². The standard InChI is InChI=1S/C23H32N4O5/c1-5-7-18-20-21(26(4)25-18)22(28)27(15(3)24-20)12-13-32-17-10-8-16(9-11-17)14-19(23(29)30)31-6-2/h8-11,19,22,28H,5-7,12-14H2,1-4H3,(H,29,30)/t19-,22?/m0/s1. The Bertz CT molecular complexity index is 954. The van der Waals surface area contributed by atoms with Crippen LogP contribution in [0.4, 0.5) is 5.69 Å². The number of aliphatic imine (C=N–C) groups is 1. The zero-order chi connectivity index (χ0) is 23.3. The number of rotatable bonds is 11. The molecule has 1 aliphatic heterocycles.